The van der Waals surface area contributed by atoms with E-state index < -0.39 is 41.7 Å². The Morgan fingerprint density at radius 2 is 1.82 bits per heavy atom. The molecule has 0 radical (unpaired) electrons. The molecule has 1 saturated heterocycles. The van der Waals surface area contributed by atoms with Crippen LogP contribution < -0.4 is 15.4 Å². The third-order valence-corrected chi connectivity index (χ3v) is 7.21. The van der Waals surface area contributed by atoms with Crippen LogP contribution in [0.5, 0.6) is 5.75 Å². The van der Waals surface area contributed by atoms with Gasteiger partial charge in [-0.3, -0.25) is 9.59 Å². The van der Waals surface area contributed by atoms with Crippen LogP contribution in [0.1, 0.15) is 42.9 Å². The lowest BCUT2D eigenvalue weighted by molar-refractivity contribution is -0.134. The Labute approximate surface area is 239 Å². The fourth-order valence-electron chi connectivity index (χ4n) is 4.45. The zero-order valence-corrected chi connectivity index (χ0v) is 23.4. The number of halogens is 2. The summed E-state index contributed by atoms with van der Waals surface area (Å²) in [6.45, 7) is 2.30. The van der Waals surface area contributed by atoms with Crippen molar-refractivity contribution in [3.63, 3.8) is 0 Å². The number of nitrogens with zero attached hydrogens (tertiary/aromatic N) is 1. The zero-order valence-electron chi connectivity index (χ0n) is 21.3. The van der Waals surface area contributed by atoms with Gasteiger partial charge in [0.2, 0.25) is 5.91 Å². The molecule has 39 heavy (non-hydrogen) atoms. The quantitative estimate of drug-likeness (QED) is 0.155. The Bertz CT molecular complexity index is 1320. The molecule has 0 spiro atoms. The number of nitrogens with one attached hydrogen (secondary N) is 2. The molecule has 204 valence electrons. The first kappa shape index (κ1) is 28.5. The molecule has 3 atom stereocenters. The minimum absolute atomic E-state index is 0.0381. The van der Waals surface area contributed by atoms with Crippen molar-refractivity contribution in [3.05, 3.63) is 93.3 Å². The molecule has 0 saturated carbocycles. The Morgan fingerprint density at radius 1 is 1.10 bits per heavy atom. The largest absolute Gasteiger partial charge is 0.494 e. The van der Waals surface area contributed by atoms with E-state index in [2.05, 4.69) is 10.6 Å². The number of unbranched alkanes of at least 4 members (excludes halogenated alkanes) is 1. The van der Waals surface area contributed by atoms with Crippen molar-refractivity contribution in [2.45, 2.75) is 37.8 Å². The maximum atomic E-state index is 14.6. The van der Waals surface area contributed by atoms with Gasteiger partial charge in [-0.15, -0.1) is 0 Å². The molecule has 0 aliphatic carbocycles. The predicted octanol–water partition coefficient (Wildman–Crippen LogP) is 4.99. The Kier molecular flexibility index (Phi) is 9.52. The number of hydrogen-bond acceptors (Lipinski definition) is 5. The van der Waals surface area contributed by atoms with E-state index >= 15 is 0 Å². The molecule has 4 amide bonds. The monoisotopic (exact) mass is 645 g/mol. The van der Waals surface area contributed by atoms with E-state index in [1.54, 1.807) is 37.3 Å². The van der Waals surface area contributed by atoms with Crippen LogP contribution >= 0.6 is 22.6 Å². The summed E-state index contributed by atoms with van der Waals surface area (Å²) in [6.07, 6.45) is 1.35. The van der Waals surface area contributed by atoms with Gasteiger partial charge in [-0.05, 0) is 76.9 Å². The number of urea groups is 1. The van der Waals surface area contributed by atoms with Gasteiger partial charge in [-0.2, -0.15) is 0 Å². The van der Waals surface area contributed by atoms with Gasteiger partial charge < -0.3 is 20.5 Å². The molecule has 3 aromatic carbocycles. The first-order valence-electron chi connectivity index (χ1n) is 12.6. The van der Waals surface area contributed by atoms with Gasteiger partial charge in [0.15, 0.2) is 0 Å². The van der Waals surface area contributed by atoms with Gasteiger partial charge in [-0.1, -0.05) is 49.4 Å². The van der Waals surface area contributed by atoms with Crippen molar-refractivity contribution < 1.29 is 28.6 Å². The standard InChI is InChI=1S/C29H29FIN3O5/c1-18(19-7-3-2-4-8-19)26(27(36)32-24-14-11-21(31)17-23(24)30)34-28(37)25(33-29(34)38)20-9-12-22(13-10-20)39-16-6-5-15-35/h2-4,7-14,17-18,25-26,35H,5-6,15-16H2,1H3,(H,32,36)(H,33,38)/t18-,25+,26-/m0/s1. The van der Waals surface area contributed by atoms with Crippen molar-refractivity contribution >= 4 is 46.1 Å². The number of aliphatic hydroxyl groups is 1. The Hall–Kier alpha value is -3.51. The Balaban J connectivity index is 1.59. The van der Waals surface area contributed by atoms with Crippen molar-refractivity contribution in [2.24, 2.45) is 0 Å². The summed E-state index contributed by atoms with van der Waals surface area (Å²) in [6, 6.07) is 17.3. The van der Waals surface area contributed by atoms with E-state index in [4.69, 9.17) is 9.84 Å². The summed E-state index contributed by atoms with van der Waals surface area (Å²) < 4.78 is 20.9. The van der Waals surface area contributed by atoms with Crippen molar-refractivity contribution in [3.8, 4) is 5.75 Å². The summed E-state index contributed by atoms with van der Waals surface area (Å²) >= 11 is 1.97. The molecule has 1 fully saturated rings. The van der Waals surface area contributed by atoms with Crippen LogP contribution in [0.4, 0.5) is 14.9 Å². The van der Waals surface area contributed by atoms with Crippen LogP contribution in [0.2, 0.25) is 0 Å². The fourth-order valence-corrected chi connectivity index (χ4v) is 4.90. The van der Waals surface area contributed by atoms with Gasteiger partial charge >= 0.3 is 6.03 Å². The molecule has 1 aliphatic rings. The van der Waals surface area contributed by atoms with Crippen molar-refractivity contribution in [1.82, 2.24) is 10.2 Å². The smallest absolute Gasteiger partial charge is 0.325 e. The second-order valence-electron chi connectivity index (χ2n) is 9.20. The van der Waals surface area contributed by atoms with Crippen LogP contribution in [-0.4, -0.2) is 47.1 Å². The van der Waals surface area contributed by atoms with Crippen molar-refractivity contribution in [2.75, 3.05) is 18.5 Å². The number of aliphatic hydroxyl groups excluding tert-OH is 1. The van der Waals surface area contributed by atoms with Gasteiger partial charge in [0.05, 0.1) is 12.3 Å². The molecule has 10 heteroatoms. The topological polar surface area (TPSA) is 108 Å². The molecular weight excluding hydrogens is 616 g/mol. The third kappa shape index (κ3) is 6.74. The summed E-state index contributed by atoms with van der Waals surface area (Å²) in [4.78, 5) is 41.3. The highest BCUT2D eigenvalue weighted by Crippen LogP contribution is 2.32. The van der Waals surface area contributed by atoms with E-state index in [1.165, 1.54) is 12.1 Å². The van der Waals surface area contributed by atoms with Gasteiger partial charge in [0, 0.05) is 16.1 Å². The molecule has 3 N–H and O–H groups in total. The first-order valence-corrected chi connectivity index (χ1v) is 13.7. The van der Waals surface area contributed by atoms with E-state index in [0.29, 0.717) is 34.3 Å². The summed E-state index contributed by atoms with van der Waals surface area (Å²) in [7, 11) is 0. The second-order valence-corrected chi connectivity index (χ2v) is 10.4. The van der Waals surface area contributed by atoms with Gasteiger partial charge in [-0.25, -0.2) is 14.1 Å². The number of rotatable bonds is 11. The molecule has 1 heterocycles. The van der Waals surface area contributed by atoms with E-state index in [1.807, 2.05) is 52.9 Å². The predicted molar refractivity (Wildman–Crippen MR) is 153 cm³/mol. The SMILES string of the molecule is C[C@@H](c1ccccc1)[C@@H](C(=O)Nc1ccc(I)cc1F)N1C(=O)N[C@H](c2ccc(OCCCCO)cc2)C1=O. The lowest BCUT2D eigenvalue weighted by Crippen LogP contribution is -2.50. The van der Waals surface area contributed by atoms with Crippen LogP contribution in [0.25, 0.3) is 0 Å². The third-order valence-electron chi connectivity index (χ3n) is 6.54. The van der Waals surface area contributed by atoms with E-state index in [-0.39, 0.29) is 12.3 Å². The van der Waals surface area contributed by atoms with Gasteiger partial charge in [0.25, 0.3) is 5.91 Å². The molecule has 1 aliphatic heterocycles. The normalized spacial score (nSPS) is 16.5. The highest BCUT2D eigenvalue weighted by atomic mass is 127. The maximum absolute atomic E-state index is 14.6. The Morgan fingerprint density at radius 3 is 2.49 bits per heavy atom. The molecular formula is C29H29FIN3O5. The summed E-state index contributed by atoms with van der Waals surface area (Å²) in [5, 5.41) is 14.2. The van der Waals surface area contributed by atoms with Crippen LogP contribution in [-0.2, 0) is 9.59 Å². The number of ether oxygens (including phenoxy) is 1. The fraction of sp³-hybridized carbons (Fsp3) is 0.276. The maximum Gasteiger partial charge on any atom is 0.325 e. The van der Waals surface area contributed by atoms with Crippen LogP contribution in [0.3, 0.4) is 0 Å². The summed E-state index contributed by atoms with van der Waals surface area (Å²) in [5.41, 5.74) is 1.24. The van der Waals surface area contributed by atoms with E-state index in [0.717, 1.165) is 10.5 Å². The molecule has 8 nitrogen and oxygen atoms in total. The number of benzene rings is 3. The highest BCUT2D eigenvalue weighted by molar-refractivity contribution is 14.1. The van der Waals surface area contributed by atoms with Crippen LogP contribution in [0.15, 0.2) is 72.8 Å². The molecule has 0 bridgehead atoms. The number of carbonyl (C=O) groups is 3. The highest BCUT2D eigenvalue weighted by Gasteiger charge is 2.47. The number of anilines is 1. The lowest BCUT2D eigenvalue weighted by Gasteiger charge is -2.30. The number of hydrogen-bond donors (Lipinski definition) is 3. The lowest BCUT2D eigenvalue weighted by atomic mass is 9.91. The average Bonchev–Trinajstić information content (AvgIpc) is 3.22. The zero-order chi connectivity index (χ0) is 27.9. The number of amides is 4. The summed E-state index contributed by atoms with van der Waals surface area (Å²) in [5.74, 6) is -1.86. The van der Waals surface area contributed by atoms with Crippen molar-refractivity contribution in [1.29, 1.82) is 0 Å². The van der Waals surface area contributed by atoms with Crippen LogP contribution in [0, 0.1) is 9.39 Å². The molecule has 0 unspecified atom stereocenters. The number of carbonyl (C=O) groups excluding carboxylic acids is 3. The minimum Gasteiger partial charge on any atom is -0.494 e. The average molecular weight is 645 g/mol. The van der Waals surface area contributed by atoms with E-state index in [9.17, 15) is 18.8 Å². The molecule has 4 rings (SSSR count). The molecule has 3 aromatic rings. The minimum atomic E-state index is -1.24. The van der Waals surface area contributed by atoms with Gasteiger partial charge in [0.1, 0.15) is 23.7 Å². The number of imide groups is 1. The second kappa shape index (κ2) is 13.0. The molecule has 0 aromatic heterocycles. The first-order chi connectivity index (χ1) is 18.8.